The largest absolute Gasteiger partial charge is 1.00 e. The molecule has 0 spiro atoms. The van der Waals surface area contributed by atoms with Crippen molar-refractivity contribution < 1.29 is 52.0 Å². The van der Waals surface area contributed by atoms with Crippen LogP contribution in [0.3, 0.4) is 0 Å². The van der Waals surface area contributed by atoms with Gasteiger partial charge in [-0.3, -0.25) is 39.6 Å². The summed E-state index contributed by atoms with van der Waals surface area (Å²) in [5, 5.41) is 40.6. The first-order valence-corrected chi connectivity index (χ1v) is 30.3. The van der Waals surface area contributed by atoms with Crippen LogP contribution in [-0.4, -0.2) is 129 Å². The average Bonchev–Trinajstić information content (AvgIpc) is 3.36. The SMILES string of the molecule is CC(=O)N(O)CCCCCNC(=O)CCC(=O)N(O)CCCCCNC(=O)CCC(=O)N(O)CCCCCNCCCCCCCCCC[P+](C1CCCCC1)(C1CCCCC1)C1CCCCC1.Cl.[Cl-]. The highest BCUT2D eigenvalue weighted by atomic mass is 35.5. The first-order chi connectivity index (χ1) is 33.0. The minimum absolute atomic E-state index is 0. The molecule has 0 aromatic carbocycles. The van der Waals surface area contributed by atoms with E-state index in [1.807, 2.05) is 0 Å². The van der Waals surface area contributed by atoms with E-state index in [-0.39, 0.29) is 81.9 Å². The van der Waals surface area contributed by atoms with Gasteiger partial charge in [0.1, 0.15) is 0 Å². The van der Waals surface area contributed by atoms with Gasteiger partial charge in [0.2, 0.25) is 29.5 Å². The quantitative estimate of drug-likeness (QED) is 0.0154. The second-order valence-corrected chi connectivity index (χ2v) is 25.4. The molecule has 0 radical (unpaired) electrons. The summed E-state index contributed by atoms with van der Waals surface area (Å²) in [6, 6.07) is 0. The third kappa shape index (κ3) is 28.0. The number of nitrogens with one attached hydrogen (secondary N) is 3. The van der Waals surface area contributed by atoms with Crippen LogP contribution in [0.25, 0.3) is 0 Å². The number of hydroxylamine groups is 6. The van der Waals surface area contributed by atoms with Crippen molar-refractivity contribution in [1.29, 1.82) is 0 Å². The van der Waals surface area contributed by atoms with Crippen LogP contribution in [-0.2, 0) is 24.0 Å². The van der Waals surface area contributed by atoms with Crippen molar-refractivity contribution in [3.63, 3.8) is 0 Å². The number of amides is 5. The predicted molar refractivity (Wildman–Crippen MR) is 282 cm³/mol. The van der Waals surface area contributed by atoms with Gasteiger partial charge in [0.25, 0.3) is 0 Å². The van der Waals surface area contributed by atoms with Gasteiger partial charge >= 0.3 is 0 Å². The number of carbonyl (C=O) groups is 5. The molecule has 3 rings (SSSR count). The summed E-state index contributed by atoms with van der Waals surface area (Å²) in [7, 11) is -0.908. The van der Waals surface area contributed by atoms with Gasteiger partial charge in [0.15, 0.2) is 0 Å². The minimum atomic E-state index is -0.908. The van der Waals surface area contributed by atoms with Crippen molar-refractivity contribution in [1.82, 2.24) is 31.1 Å². The molecule has 70 heavy (non-hydrogen) atoms. The summed E-state index contributed by atoms with van der Waals surface area (Å²) in [6.07, 6.45) is 42.1. The van der Waals surface area contributed by atoms with Gasteiger partial charge in [0.05, 0.1) is 23.1 Å². The monoisotopic (exact) mass is 1050 g/mol. The molecule has 0 saturated heterocycles. The molecule has 6 N–H and O–H groups in total. The van der Waals surface area contributed by atoms with Gasteiger partial charge in [-0.05, 0) is 161 Å². The fourth-order valence-corrected chi connectivity index (χ4v) is 19.1. The van der Waals surface area contributed by atoms with Gasteiger partial charge in [-0.1, -0.05) is 57.8 Å². The maximum Gasteiger partial charge on any atom is 0.246 e. The van der Waals surface area contributed by atoms with Gasteiger partial charge in [-0.25, -0.2) is 15.2 Å². The molecule has 5 amide bonds. The molecule has 0 aliphatic heterocycles. The second kappa shape index (κ2) is 41.5. The Morgan fingerprint density at radius 2 is 0.743 bits per heavy atom. The van der Waals surface area contributed by atoms with Crippen LogP contribution in [0.1, 0.15) is 238 Å². The highest BCUT2D eigenvalue weighted by Crippen LogP contribution is 2.77. The molecule has 0 bridgehead atoms. The minimum Gasteiger partial charge on any atom is -1.00 e. The van der Waals surface area contributed by atoms with E-state index >= 15 is 0 Å². The predicted octanol–water partition coefficient (Wildman–Crippen LogP) is 8.12. The number of hydrogen-bond donors (Lipinski definition) is 6. The fourth-order valence-electron chi connectivity index (χ4n) is 11.5. The van der Waals surface area contributed by atoms with Gasteiger partial charge in [-0.15, -0.1) is 12.4 Å². The zero-order chi connectivity index (χ0) is 49.1. The first kappa shape index (κ1) is 66.2. The van der Waals surface area contributed by atoms with E-state index in [1.165, 1.54) is 116 Å². The maximum absolute atomic E-state index is 12.4. The van der Waals surface area contributed by atoms with E-state index in [1.54, 1.807) is 44.7 Å². The fraction of sp³-hybridized carbons (Fsp3) is 0.906. The summed E-state index contributed by atoms with van der Waals surface area (Å²) < 4.78 is 0. The Morgan fingerprint density at radius 3 is 1.11 bits per heavy atom. The van der Waals surface area contributed by atoms with E-state index in [9.17, 15) is 39.6 Å². The van der Waals surface area contributed by atoms with Crippen molar-refractivity contribution in [2.75, 3.05) is 52.0 Å². The van der Waals surface area contributed by atoms with Crippen molar-refractivity contribution in [3.05, 3.63) is 0 Å². The molecule has 17 heteroatoms. The van der Waals surface area contributed by atoms with E-state index in [0.717, 1.165) is 54.4 Å². The molecular formula is C53H101Cl2N6O8P. The van der Waals surface area contributed by atoms with Crippen LogP contribution < -0.4 is 28.4 Å². The summed E-state index contributed by atoms with van der Waals surface area (Å²) in [6.45, 7) is 4.73. The highest BCUT2D eigenvalue weighted by Gasteiger charge is 2.56. The molecule has 0 heterocycles. The summed E-state index contributed by atoms with van der Waals surface area (Å²) in [5.41, 5.74) is 3.38. The zero-order valence-corrected chi connectivity index (χ0v) is 46.3. The zero-order valence-electron chi connectivity index (χ0n) is 43.8. The van der Waals surface area contributed by atoms with Crippen LogP contribution in [0, 0.1) is 0 Å². The molecule has 0 aromatic heterocycles. The number of hydrogen-bond acceptors (Lipinski definition) is 9. The standard InChI is InChI=1S/C53H99N6O8P.2ClH/c1-46(60)57(65)42-24-12-22-40-55-50(61)35-37-53(64)59(67)44-26-13-23-41-56-51(62)34-36-52(63)58(66)43-25-11-21-39-54-38-20-6-4-2-3-5-7-27-45-68(47-28-14-8-15-29-47,48-30-16-9-17-31-48)49-32-18-10-19-33-49;;/h47-49,54,65-67H,2-45H2,1H3,(H-,55,56,61,62);2*1H. The number of unbranched alkanes of at least 4 members (excludes halogenated alkanes) is 13. The lowest BCUT2D eigenvalue weighted by Gasteiger charge is -2.49. The normalized spacial score (nSPS) is 15.9. The maximum atomic E-state index is 12.4. The van der Waals surface area contributed by atoms with E-state index in [4.69, 9.17) is 0 Å². The van der Waals surface area contributed by atoms with Crippen LogP contribution in [0.15, 0.2) is 0 Å². The molecule has 3 aliphatic carbocycles. The molecule has 14 nitrogen and oxygen atoms in total. The lowest BCUT2D eigenvalue weighted by atomic mass is 9.99. The topological polar surface area (TPSA) is 192 Å². The van der Waals surface area contributed by atoms with E-state index < -0.39 is 25.0 Å². The van der Waals surface area contributed by atoms with Crippen LogP contribution in [0.5, 0.6) is 0 Å². The Balaban J connectivity index is 0.0000122. The number of rotatable bonds is 38. The van der Waals surface area contributed by atoms with Gasteiger partial charge < -0.3 is 28.4 Å². The van der Waals surface area contributed by atoms with Crippen LogP contribution >= 0.6 is 19.7 Å². The third-order valence-corrected chi connectivity index (χ3v) is 22.2. The molecular weight excluding hydrogens is 950 g/mol. The van der Waals surface area contributed by atoms with Crippen molar-refractivity contribution >= 4 is 49.2 Å². The summed E-state index contributed by atoms with van der Waals surface area (Å²) in [5.74, 6) is -1.96. The van der Waals surface area contributed by atoms with E-state index in [2.05, 4.69) is 16.0 Å². The summed E-state index contributed by atoms with van der Waals surface area (Å²) in [4.78, 5) is 59.7. The molecule has 0 aromatic rings. The molecule has 3 aliphatic rings. The summed E-state index contributed by atoms with van der Waals surface area (Å²) >= 11 is 0. The second-order valence-electron chi connectivity index (χ2n) is 20.7. The lowest BCUT2D eigenvalue weighted by Crippen LogP contribution is -3.00. The molecule has 3 saturated carbocycles. The highest BCUT2D eigenvalue weighted by molar-refractivity contribution is 7.77. The van der Waals surface area contributed by atoms with E-state index in [0.29, 0.717) is 61.7 Å². The molecule has 3 fully saturated rings. The molecule has 0 atom stereocenters. The Labute approximate surface area is 437 Å². The lowest BCUT2D eigenvalue weighted by molar-refractivity contribution is -0.166. The smallest absolute Gasteiger partial charge is 0.246 e. The first-order valence-electron chi connectivity index (χ1n) is 28.1. The van der Waals surface area contributed by atoms with Gasteiger partial charge in [0, 0.05) is 72.6 Å². The van der Waals surface area contributed by atoms with Crippen LogP contribution in [0.2, 0.25) is 0 Å². The number of nitrogens with zero attached hydrogens (tertiary/aromatic N) is 3. The Morgan fingerprint density at radius 1 is 0.429 bits per heavy atom. The molecule has 410 valence electrons. The van der Waals surface area contributed by atoms with Crippen molar-refractivity contribution in [3.8, 4) is 0 Å². The number of halogens is 2. The van der Waals surface area contributed by atoms with Crippen molar-refractivity contribution in [2.45, 2.75) is 255 Å². The Kier molecular flexibility index (Phi) is 39.3. The Bertz CT molecular complexity index is 1340. The third-order valence-electron chi connectivity index (χ3n) is 15.4. The van der Waals surface area contributed by atoms with Crippen LogP contribution in [0.4, 0.5) is 0 Å². The average molecular weight is 1050 g/mol. The van der Waals surface area contributed by atoms with Crippen molar-refractivity contribution in [2.24, 2.45) is 0 Å². The number of carbonyl (C=O) groups excluding carboxylic acids is 5. The van der Waals surface area contributed by atoms with Gasteiger partial charge in [-0.2, -0.15) is 0 Å². The molecule has 0 unspecified atom stereocenters. The Hall–Kier alpha value is -1.80.